The Labute approximate surface area is 161 Å². The van der Waals surface area contributed by atoms with E-state index >= 15 is 0 Å². The lowest BCUT2D eigenvalue weighted by molar-refractivity contribution is -0.130. The molecule has 1 aliphatic heterocycles. The van der Waals surface area contributed by atoms with Gasteiger partial charge < -0.3 is 14.7 Å². The van der Waals surface area contributed by atoms with Crippen LogP contribution in [0.3, 0.4) is 0 Å². The van der Waals surface area contributed by atoms with E-state index in [-0.39, 0.29) is 12.5 Å². The molecule has 1 aliphatic rings. The first-order valence-electron chi connectivity index (χ1n) is 9.53. The van der Waals surface area contributed by atoms with Crippen LogP contribution in [0, 0.1) is 6.92 Å². The average Bonchev–Trinajstić information content (AvgIpc) is 2.84. The number of ether oxygens (including phenoxy) is 1. The van der Waals surface area contributed by atoms with Gasteiger partial charge >= 0.3 is 0 Å². The van der Waals surface area contributed by atoms with Gasteiger partial charge in [0, 0.05) is 39.1 Å². The number of amides is 1. The van der Waals surface area contributed by atoms with Crippen molar-refractivity contribution in [1.82, 2.24) is 9.80 Å². The molecule has 0 unspecified atom stereocenters. The summed E-state index contributed by atoms with van der Waals surface area (Å²) in [6.07, 6.45) is 0.548. The fraction of sp³-hybridized carbons (Fsp3) is 0.409. The lowest BCUT2D eigenvalue weighted by atomic mass is 10.1. The SMILES string of the molecule is Cc1ccccc1CN1CCN(Cc2cccc(OCCO)c2)CCC1=O. The molecule has 0 saturated carbocycles. The van der Waals surface area contributed by atoms with E-state index in [4.69, 9.17) is 9.84 Å². The first kappa shape index (κ1) is 19.4. The van der Waals surface area contributed by atoms with E-state index in [1.807, 2.05) is 35.2 Å². The van der Waals surface area contributed by atoms with Crippen LogP contribution < -0.4 is 4.74 Å². The van der Waals surface area contributed by atoms with E-state index in [9.17, 15) is 4.79 Å². The monoisotopic (exact) mass is 368 g/mol. The molecule has 27 heavy (non-hydrogen) atoms. The molecule has 2 aromatic rings. The molecule has 144 valence electrons. The highest BCUT2D eigenvalue weighted by Crippen LogP contribution is 2.17. The van der Waals surface area contributed by atoms with E-state index in [2.05, 4.69) is 30.0 Å². The lowest BCUT2D eigenvalue weighted by Crippen LogP contribution is -2.32. The Bertz CT molecular complexity index is 763. The summed E-state index contributed by atoms with van der Waals surface area (Å²) in [6, 6.07) is 16.2. The highest BCUT2D eigenvalue weighted by Gasteiger charge is 2.21. The molecule has 5 heteroatoms. The maximum absolute atomic E-state index is 12.6. The Morgan fingerprint density at radius 1 is 1.04 bits per heavy atom. The van der Waals surface area contributed by atoms with Crippen LogP contribution in [0.4, 0.5) is 0 Å². The second kappa shape index (κ2) is 9.53. The topological polar surface area (TPSA) is 53.0 Å². The molecule has 1 N–H and O–H groups in total. The van der Waals surface area contributed by atoms with Crippen LogP contribution in [-0.4, -0.2) is 53.7 Å². The Kier molecular flexibility index (Phi) is 6.85. The summed E-state index contributed by atoms with van der Waals surface area (Å²) in [7, 11) is 0. The summed E-state index contributed by atoms with van der Waals surface area (Å²) in [6.45, 7) is 6.25. The second-order valence-corrected chi connectivity index (χ2v) is 6.99. The predicted octanol–water partition coefficient (Wildman–Crippen LogP) is 2.60. The van der Waals surface area contributed by atoms with Gasteiger partial charge in [0.25, 0.3) is 0 Å². The van der Waals surface area contributed by atoms with Gasteiger partial charge in [-0.05, 0) is 35.7 Å². The zero-order valence-electron chi connectivity index (χ0n) is 15.9. The van der Waals surface area contributed by atoms with Crippen LogP contribution in [0.5, 0.6) is 5.75 Å². The molecule has 2 aromatic carbocycles. The van der Waals surface area contributed by atoms with Gasteiger partial charge in [0.2, 0.25) is 5.91 Å². The van der Waals surface area contributed by atoms with Crippen LogP contribution in [-0.2, 0) is 17.9 Å². The summed E-state index contributed by atoms with van der Waals surface area (Å²) in [5.41, 5.74) is 3.60. The molecule has 0 radical (unpaired) electrons. The van der Waals surface area contributed by atoms with Crippen LogP contribution in [0.15, 0.2) is 48.5 Å². The molecule has 5 nitrogen and oxygen atoms in total. The van der Waals surface area contributed by atoms with E-state index in [0.717, 1.165) is 37.5 Å². The van der Waals surface area contributed by atoms with Crippen molar-refractivity contribution in [3.05, 3.63) is 65.2 Å². The number of carbonyl (C=O) groups is 1. The third-order valence-corrected chi connectivity index (χ3v) is 4.97. The van der Waals surface area contributed by atoms with Crippen LogP contribution in [0.1, 0.15) is 23.1 Å². The molecule has 0 bridgehead atoms. The minimum Gasteiger partial charge on any atom is -0.491 e. The Balaban J connectivity index is 1.59. The number of nitrogens with zero attached hydrogens (tertiary/aromatic N) is 2. The fourth-order valence-corrected chi connectivity index (χ4v) is 3.38. The normalized spacial score (nSPS) is 15.6. The number of rotatable bonds is 7. The molecule has 1 heterocycles. The number of aryl methyl sites for hydroxylation is 1. The Morgan fingerprint density at radius 2 is 1.89 bits per heavy atom. The third kappa shape index (κ3) is 5.55. The number of aliphatic hydroxyl groups is 1. The van der Waals surface area contributed by atoms with Gasteiger partial charge in [-0.3, -0.25) is 9.69 Å². The van der Waals surface area contributed by atoms with E-state index in [0.29, 0.717) is 19.6 Å². The van der Waals surface area contributed by atoms with Crippen molar-refractivity contribution in [3.8, 4) is 5.75 Å². The van der Waals surface area contributed by atoms with Gasteiger partial charge in [0.1, 0.15) is 12.4 Å². The van der Waals surface area contributed by atoms with Crippen molar-refractivity contribution in [2.45, 2.75) is 26.4 Å². The standard InChI is InChI=1S/C22H28N2O3/c1-18-5-2-3-7-20(18)17-24-12-11-23(10-9-22(24)26)16-19-6-4-8-21(15-19)27-14-13-25/h2-8,15,25H,9-14,16-17H2,1H3. The van der Waals surface area contributed by atoms with Crippen molar-refractivity contribution in [2.24, 2.45) is 0 Å². The van der Waals surface area contributed by atoms with Crippen molar-refractivity contribution in [1.29, 1.82) is 0 Å². The number of carbonyl (C=O) groups excluding carboxylic acids is 1. The summed E-state index contributed by atoms with van der Waals surface area (Å²) < 4.78 is 5.49. The first-order valence-corrected chi connectivity index (χ1v) is 9.53. The minimum atomic E-state index is 0.00911. The molecular formula is C22H28N2O3. The van der Waals surface area contributed by atoms with E-state index < -0.39 is 0 Å². The number of aliphatic hydroxyl groups excluding tert-OH is 1. The Morgan fingerprint density at radius 3 is 2.70 bits per heavy atom. The summed E-state index contributed by atoms with van der Waals surface area (Å²) in [4.78, 5) is 16.9. The molecule has 0 aliphatic carbocycles. The quantitative estimate of drug-likeness (QED) is 0.816. The molecule has 1 fully saturated rings. The number of hydrogen-bond donors (Lipinski definition) is 1. The van der Waals surface area contributed by atoms with Gasteiger partial charge in [-0.25, -0.2) is 0 Å². The fourth-order valence-electron chi connectivity index (χ4n) is 3.38. The Hall–Kier alpha value is -2.37. The first-order chi connectivity index (χ1) is 13.2. The lowest BCUT2D eigenvalue weighted by Gasteiger charge is -2.23. The predicted molar refractivity (Wildman–Crippen MR) is 106 cm³/mol. The molecule has 0 spiro atoms. The van der Waals surface area contributed by atoms with Crippen LogP contribution >= 0.6 is 0 Å². The highest BCUT2D eigenvalue weighted by molar-refractivity contribution is 5.76. The summed E-state index contributed by atoms with van der Waals surface area (Å²) in [5, 5.41) is 8.89. The maximum Gasteiger partial charge on any atom is 0.224 e. The van der Waals surface area contributed by atoms with Gasteiger partial charge in [-0.1, -0.05) is 36.4 Å². The summed E-state index contributed by atoms with van der Waals surface area (Å²) in [5.74, 6) is 0.995. The zero-order valence-corrected chi connectivity index (χ0v) is 15.9. The van der Waals surface area contributed by atoms with Crippen molar-refractivity contribution >= 4 is 5.91 Å². The largest absolute Gasteiger partial charge is 0.491 e. The molecular weight excluding hydrogens is 340 g/mol. The van der Waals surface area contributed by atoms with E-state index in [1.165, 1.54) is 11.1 Å². The molecule has 1 amide bonds. The van der Waals surface area contributed by atoms with Gasteiger partial charge in [0.05, 0.1) is 6.61 Å². The van der Waals surface area contributed by atoms with Crippen molar-refractivity contribution in [2.75, 3.05) is 32.8 Å². The van der Waals surface area contributed by atoms with Crippen molar-refractivity contribution in [3.63, 3.8) is 0 Å². The smallest absolute Gasteiger partial charge is 0.224 e. The molecule has 3 rings (SSSR count). The third-order valence-electron chi connectivity index (χ3n) is 4.97. The van der Waals surface area contributed by atoms with Gasteiger partial charge in [-0.15, -0.1) is 0 Å². The van der Waals surface area contributed by atoms with Crippen molar-refractivity contribution < 1.29 is 14.6 Å². The number of hydrogen-bond acceptors (Lipinski definition) is 4. The molecule has 0 aromatic heterocycles. The zero-order chi connectivity index (χ0) is 19.1. The molecule has 0 atom stereocenters. The van der Waals surface area contributed by atoms with E-state index in [1.54, 1.807) is 0 Å². The van der Waals surface area contributed by atoms with Crippen LogP contribution in [0.25, 0.3) is 0 Å². The van der Waals surface area contributed by atoms with Gasteiger partial charge in [0.15, 0.2) is 0 Å². The van der Waals surface area contributed by atoms with Crippen LogP contribution in [0.2, 0.25) is 0 Å². The molecule has 1 saturated heterocycles. The second-order valence-electron chi connectivity index (χ2n) is 6.99. The highest BCUT2D eigenvalue weighted by atomic mass is 16.5. The average molecular weight is 368 g/mol. The summed E-state index contributed by atoms with van der Waals surface area (Å²) >= 11 is 0. The minimum absolute atomic E-state index is 0.00911. The van der Waals surface area contributed by atoms with Gasteiger partial charge in [-0.2, -0.15) is 0 Å². The number of benzene rings is 2. The maximum atomic E-state index is 12.6.